The van der Waals surface area contributed by atoms with Crippen molar-refractivity contribution in [2.75, 3.05) is 5.32 Å². The van der Waals surface area contributed by atoms with Crippen LogP contribution in [0.5, 0.6) is 0 Å². The smallest absolute Gasteiger partial charge is 0.257 e. The van der Waals surface area contributed by atoms with Gasteiger partial charge < -0.3 is 5.32 Å². The number of anilines is 1. The number of aromatic nitrogens is 1. The molecule has 0 aliphatic rings. The lowest BCUT2D eigenvalue weighted by molar-refractivity contribution is 0.102. The zero-order valence-corrected chi connectivity index (χ0v) is 14.3. The number of aryl methyl sites for hydroxylation is 1. The number of halogens is 3. The van der Waals surface area contributed by atoms with Gasteiger partial charge in [0.2, 0.25) is 0 Å². The number of rotatable bonds is 2. The van der Waals surface area contributed by atoms with Gasteiger partial charge in [-0.3, -0.25) is 9.78 Å². The van der Waals surface area contributed by atoms with Crippen molar-refractivity contribution >= 4 is 57.3 Å². The van der Waals surface area contributed by atoms with Gasteiger partial charge in [-0.1, -0.05) is 34.8 Å². The summed E-state index contributed by atoms with van der Waals surface area (Å²) in [6, 6.07) is 12.0. The van der Waals surface area contributed by atoms with Crippen molar-refractivity contribution in [1.82, 2.24) is 4.98 Å². The first-order valence-corrected chi connectivity index (χ1v) is 7.91. The molecule has 0 aliphatic carbocycles. The summed E-state index contributed by atoms with van der Waals surface area (Å²) in [4.78, 5) is 17.0. The topological polar surface area (TPSA) is 42.0 Å². The van der Waals surface area contributed by atoms with Gasteiger partial charge >= 0.3 is 0 Å². The predicted octanol–water partition coefficient (Wildman–Crippen LogP) is 5.76. The van der Waals surface area contributed by atoms with Crippen molar-refractivity contribution in [3.05, 3.63) is 68.8 Å². The largest absolute Gasteiger partial charge is 0.321 e. The lowest BCUT2D eigenvalue weighted by atomic mass is 10.1. The Balaban J connectivity index is 1.98. The van der Waals surface area contributed by atoms with Crippen LogP contribution in [0, 0.1) is 6.92 Å². The van der Waals surface area contributed by atoms with Gasteiger partial charge in [0.15, 0.2) is 0 Å². The van der Waals surface area contributed by atoms with E-state index in [2.05, 4.69) is 10.3 Å². The van der Waals surface area contributed by atoms with E-state index >= 15 is 0 Å². The van der Waals surface area contributed by atoms with Crippen LogP contribution in [0.4, 0.5) is 5.69 Å². The Bertz CT molecular complexity index is 925. The molecule has 0 aliphatic heterocycles. The number of amides is 1. The Morgan fingerprint density at radius 2 is 1.70 bits per heavy atom. The lowest BCUT2D eigenvalue weighted by Crippen LogP contribution is -2.14. The summed E-state index contributed by atoms with van der Waals surface area (Å²) in [6.45, 7) is 1.78. The number of benzene rings is 2. The number of carbonyl (C=O) groups excluding carboxylic acids is 1. The van der Waals surface area contributed by atoms with Crippen molar-refractivity contribution in [2.45, 2.75) is 6.92 Å². The quantitative estimate of drug-likeness (QED) is 0.627. The van der Waals surface area contributed by atoms with E-state index in [1.807, 2.05) is 6.07 Å². The molecule has 3 nitrogen and oxygen atoms in total. The van der Waals surface area contributed by atoms with Crippen LogP contribution in [0.2, 0.25) is 15.1 Å². The number of hydrogen-bond donors (Lipinski definition) is 1. The Kier molecular flexibility index (Phi) is 4.44. The van der Waals surface area contributed by atoms with Crippen LogP contribution in [0.15, 0.2) is 42.5 Å². The highest BCUT2D eigenvalue weighted by molar-refractivity contribution is 6.36. The lowest BCUT2D eigenvalue weighted by Gasteiger charge is -2.10. The molecule has 0 saturated heterocycles. The summed E-state index contributed by atoms with van der Waals surface area (Å²) < 4.78 is 0. The van der Waals surface area contributed by atoms with Crippen LogP contribution >= 0.6 is 34.8 Å². The van der Waals surface area contributed by atoms with Gasteiger partial charge in [-0.05, 0) is 49.4 Å². The van der Waals surface area contributed by atoms with E-state index in [-0.39, 0.29) is 5.91 Å². The predicted molar refractivity (Wildman–Crippen MR) is 95.9 cm³/mol. The number of pyridine rings is 1. The number of hydrogen-bond acceptors (Lipinski definition) is 2. The van der Waals surface area contributed by atoms with Crippen LogP contribution in [-0.4, -0.2) is 10.9 Å². The summed E-state index contributed by atoms with van der Waals surface area (Å²) in [5.41, 5.74) is 2.37. The molecular formula is C17H11Cl3N2O. The second-order valence-electron chi connectivity index (χ2n) is 5.04. The zero-order valence-electron chi connectivity index (χ0n) is 12.0. The second-order valence-corrected chi connectivity index (χ2v) is 6.32. The molecule has 0 unspecified atom stereocenters. The molecule has 1 heterocycles. The molecule has 116 valence electrons. The first kappa shape index (κ1) is 16.1. The Hall–Kier alpha value is -1.81. The molecule has 3 rings (SSSR count). The summed E-state index contributed by atoms with van der Waals surface area (Å²) in [5.74, 6) is -0.291. The van der Waals surface area contributed by atoms with Gasteiger partial charge in [-0.15, -0.1) is 0 Å². The summed E-state index contributed by atoms with van der Waals surface area (Å²) in [6.07, 6.45) is 0. The summed E-state index contributed by atoms with van der Waals surface area (Å²) in [7, 11) is 0. The van der Waals surface area contributed by atoms with Crippen LogP contribution in [0.3, 0.4) is 0 Å². The van der Waals surface area contributed by atoms with Crippen LogP contribution in [0.25, 0.3) is 10.9 Å². The highest BCUT2D eigenvalue weighted by Gasteiger charge is 2.13. The Morgan fingerprint density at radius 1 is 1.00 bits per heavy atom. The van der Waals surface area contributed by atoms with Gasteiger partial charge in [0, 0.05) is 15.4 Å². The van der Waals surface area contributed by atoms with Crippen LogP contribution < -0.4 is 5.32 Å². The minimum atomic E-state index is -0.291. The van der Waals surface area contributed by atoms with Crippen molar-refractivity contribution in [3.8, 4) is 0 Å². The molecule has 0 spiro atoms. The Morgan fingerprint density at radius 3 is 2.43 bits per heavy atom. The highest BCUT2D eigenvalue weighted by Crippen LogP contribution is 2.27. The number of nitrogens with zero attached hydrogens (tertiary/aromatic N) is 1. The SMILES string of the molecule is Cc1nc2ccc(Cl)cc2cc1C(=O)Nc1ccc(Cl)cc1Cl. The van der Waals surface area contributed by atoms with Gasteiger partial charge in [-0.25, -0.2) is 0 Å². The fourth-order valence-electron chi connectivity index (χ4n) is 2.25. The van der Waals surface area contributed by atoms with E-state index in [4.69, 9.17) is 34.8 Å². The molecule has 23 heavy (non-hydrogen) atoms. The highest BCUT2D eigenvalue weighted by atomic mass is 35.5. The molecule has 2 aromatic carbocycles. The minimum Gasteiger partial charge on any atom is -0.321 e. The second kappa shape index (κ2) is 6.36. The monoisotopic (exact) mass is 364 g/mol. The average Bonchev–Trinajstić information content (AvgIpc) is 2.49. The molecular weight excluding hydrogens is 355 g/mol. The third-order valence-corrected chi connectivity index (χ3v) is 4.17. The third kappa shape index (κ3) is 3.42. The number of carbonyl (C=O) groups is 1. The van der Waals surface area contributed by atoms with Crippen molar-refractivity contribution in [2.24, 2.45) is 0 Å². The molecule has 0 saturated carbocycles. The van der Waals surface area contributed by atoms with Crippen molar-refractivity contribution in [3.63, 3.8) is 0 Å². The molecule has 0 radical (unpaired) electrons. The molecule has 1 aromatic heterocycles. The maximum atomic E-state index is 12.5. The van der Waals surface area contributed by atoms with Crippen molar-refractivity contribution < 1.29 is 4.79 Å². The Labute approximate surface area is 148 Å². The zero-order chi connectivity index (χ0) is 16.6. The average molecular weight is 366 g/mol. The van der Waals surface area contributed by atoms with Gasteiger partial charge in [-0.2, -0.15) is 0 Å². The molecule has 3 aromatic rings. The van der Waals surface area contributed by atoms with Gasteiger partial charge in [0.25, 0.3) is 5.91 Å². The molecule has 6 heteroatoms. The normalized spacial score (nSPS) is 10.8. The molecule has 1 amide bonds. The van der Waals surface area contributed by atoms with E-state index < -0.39 is 0 Å². The first-order valence-electron chi connectivity index (χ1n) is 6.77. The fraction of sp³-hybridized carbons (Fsp3) is 0.0588. The minimum absolute atomic E-state index is 0.291. The summed E-state index contributed by atoms with van der Waals surface area (Å²) in [5, 5.41) is 5.05. The van der Waals surface area contributed by atoms with Crippen molar-refractivity contribution in [1.29, 1.82) is 0 Å². The van der Waals surface area contributed by atoms with E-state index in [9.17, 15) is 4.79 Å². The molecule has 0 atom stereocenters. The molecule has 0 fully saturated rings. The van der Waals surface area contributed by atoms with Crippen LogP contribution in [0.1, 0.15) is 16.1 Å². The maximum Gasteiger partial charge on any atom is 0.257 e. The van der Waals surface area contributed by atoms with Crippen LogP contribution in [-0.2, 0) is 0 Å². The first-order chi connectivity index (χ1) is 10.9. The standard InChI is InChI=1S/C17H11Cl3N2O/c1-9-13(7-10-6-11(18)2-4-15(10)21-9)17(23)22-16-5-3-12(19)8-14(16)20/h2-8H,1H3,(H,22,23). The number of fused-ring (bicyclic) bond motifs is 1. The van der Waals surface area contributed by atoms with Gasteiger partial charge in [0.05, 0.1) is 27.5 Å². The van der Waals surface area contributed by atoms with E-state index in [1.165, 1.54) is 0 Å². The van der Waals surface area contributed by atoms with E-state index in [0.29, 0.717) is 32.0 Å². The van der Waals surface area contributed by atoms with Gasteiger partial charge in [0.1, 0.15) is 0 Å². The number of nitrogens with one attached hydrogen (secondary N) is 1. The fourth-order valence-corrected chi connectivity index (χ4v) is 2.89. The van der Waals surface area contributed by atoms with E-state index in [0.717, 1.165) is 10.9 Å². The molecule has 0 bridgehead atoms. The van der Waals surface area contributed by atoms with E-state index in [1.54, 1.807) is 43.3 Å². The maximum absolute atomic E-state index is 12.5. The third-order valence-electron chi connectivity index (χ3n) is 3.39. The summed E-state index contributed by atoms with van der Waals surface area (Å²) >= 11 is 17.9. The molecule has 1 N–H and O–H groups in total.